The molecule has 0 bridgehead atoms. The molecular formula is C46H70O9. The molecule has 2 atom stereocenters. The van der Waals surface area contributed by atoms with Crippen molar-refractivity contribution >= 4 is 23.5 Å². The van der Waals surface area contributed by atoms with Crippen LogP contribution in [-0.4, -0.2) is 68.3 Å². The fourth-order valence-electron chi connectivity index (χ4n) is 5.08. The second-order valence-corrected chi connectivity index (χ2v) is 13.5. The molecule has 0 saturated carbocycles. The van der Waals surface area contributed by atoms with Crippen LogP contribution in [0.5, 0.6) is 0 Å². The molecule has 0 radical (unpaired) electrons. The summed E-state index contributed by atoms with van der Waals surface area (Å²) in [7, 11) is 0. The predicted molar refractivity (Wildman–Crippen MR) is 222 cm³/mol. The Labute approximate surface area is 331 Å². The molecule has 0 amide bonds. The van der Waals surface area contributed by atoms with E-state index in [2.05, 4.69) is 79.3 Å². The van der Waals surface area contributed by atoms with Gasteiger partial charge >= 0.3 is 11.9 Å². The van der Waals surface area contributed by atoms with Gasteiger partial charge in [-0.1, -0.05) is 137 Å². The van der Waals surface area contributed by atoms with E-state index in [0.29, 0.717) is 25.7 Å². The van der Waals surface area contributed by atoms with Crippen molar-refractivity contribution in [3.63, 3.8) is 0 Å². The molecule has 0 saturated heterocycles. The third-order valence-corrected chi connectivity index (χ3v) is 8.71. The molecule has 4 N–H and O–H groups in total. The van der Waals surface area contributed by atoms with Gasteiger partial charge in [-0.25, -0.2) is 9.59 Å². The Balaban J connectivity index is 4.53. The largest absolute Gasteiger partial charge is 0.392 e. The lowest BCUT2D eigenvalue weighted by molar-refractivity contribution is -0.190. The summed E-state index contributed by atoms with van der Waals surface area (Å²) in [5.74, 6) is -5.82. The molecule has 0 aromatic rings. The van der Waals surface area contributed by atoms with Crippen molar-refractivity contribution < 1.29 is 44.3 Å². The first-order chi connectivity index (χ1) is 26.6. The maximum absolute atomic E-state index is 12.7. The highest BCUT2D eigenvalue weighted by molar-refractivity contribution is 6.14. The van der Waals surface area contributed by atoms with Gasteiger partial charge in [0.1, 0.15) is 0 Å². The van der Waals surface area contributed by atoms with Crippen molar-refractivity contribution in [1.29, 1.82) is 0 Å². The number of allylic oxidation sites excluding steroid dienone is 16. The summed E-state index contributed by atoms with van der Waals surface area (Å²) in [6.07, 6.45) is 48.5. The number of hydrogen-bond acceptors (Lipinski definition) is 9. The molecular weight excluding hydrogens is 696 g/mol. The summed E-state index contributed by atoms with van der Waals surface area (Å²) >= 11 is 0. The normalized spacial score (nSPS) is 14.9. The lowest BCUT2D eigenvalue weighted by atomic mass is 9.93. The smallest absolute Gasteiger partial charge is 0.356 e. The van der Waals surface area contributed by atoms with Crippen molar-refractivity contribution in [1.82, 2.24) is 0 Å². The number of ketones is 2. The first kappa shape index (κ1) is 51.2. The van der Waals surface area contributed by atoms with Crippen LogP contribution in [0.25, 0.3) is 0 Å². The number of esters is 2. The van der Waals surface area contributed by atoms with E-state index >= 15 is 0 Å². The minimum absolute atomic E-state index is 0.246. The number of hydrogen-bond donors (Lipinski definition) is 4. The number of Topliss-reactive ketones (excluding diaryl/α,β-unsaturated/α-hetero) is 2. The molecule has 0 aliphatic rings. The van der Waals surface area contributed by atoms with Crippen molar-refractivity contribution in [3.05, 3.63) is 97.2 Å². The Kier molecular flexibility index (Phi) is 32.3. The monoisotopic (exact) mass is 767 g/mol. The maximum atomic E-state index is 12.7. The quantitative estimate of drug-likeness (QED) is 0.0217. The first-order valence-electron chi connectivity index (χ1n) is 20.3. The van der Waals surface area contributed by atoms with Gasteiger partial charge in [0.05, 0.1) is 13.2 Å². The van der Waals surface area contributed by atoms with Crippen LogP contribution < -0.4 is 0 Å². The highest BCUT2D eigenvalue weighted by Gasteiger charge is 2.50. The standard InChI is InChI=1S/C46H70O9/c1-3-5-7-9-11-13-15-17-19-21-23-25-27-29-31-33-35-37-41(49)45(53,39-47)43(51)55-44(52)46(54,40-48)42(50)38-36-34-32-30-28-26-24-22-20-18-16-14-12-10-8-6-4-2/h11-14,17-20,23-26,29-32,47-48,53-54H,3-10,15-16,21-22,27-28,33-40H2,1-2H3/b13-11-,14-12-,19-17-,20-18-,25-23-,26-24-,31-29-,32-30-. The number of ether oxygens (including phenoxy) is 1. The molecule has 2 unspecified atom stereocenters. The van der Waals surface area contributed by atoms with Crippen LogP contribution in [0, 0.1) is 0 Å². The Bertz CT molecular complexity index is 1200. The van der Waals surface area contributed by atoms with E-state index in [1.165, 1.54) is 38.5 Å². The average Bonchev–Trinajstić information content (AvgIpc) is 3.19. The Morgan fingerprint density at radius 3 is 0.927 bits per heavy atom. The summed E-state index contributed by atoms with van der Waals surface area (Å²) in [5, 5.41) is 40.5. The third-order valence-electron chi connectivity index (χ3n) is 8.71. The van der Waals surface area contributed by atoms with E-state index in [-0.39, 0.29) is 25.7 Å². The first-order valence-corrected chi connectivity index (χ1v) is 20.3. The molecule has 0 fully saturated rings. The summed E-state index contributed by atoms with van der Waals surface area (Å²) in [6.45, 7) is 1.65. The zero-order chi connectivity index (χ0) is 40.9. The minimum atomic E-state index is -3.07. The topological polar surface area (TPSA) is 158 Å². The number of aliphatic hydroxyl groups is 4. The van der Waals surface area contributed by atoms with Gasteiger partial charge in [-0.2, -0.15) is 0 Å². The zero-order valence-corrected chi connectivity index (χ0v) is 33.6. The van der Waals surface area contributed by atoms with E-state index in [4.69, 9.17) is 0 Å². The second-order valence-electron chi connectivity index (χ2n) is 13.5. The van der Waals surface area contributed by atoms with E-state index in [1.807, 2.05) is 36.5 Å². The summed E-state index contributed by atoms with van der Waals surface area (Å²) in [5.41, 5.74) is -6.14. The molecule has 55 heavy (non-hydrogen) atoms. The highest BCUT2D eigenvalue weighted by Crippen LogP contribution is 2.19. The van der Waals surface area contributed by atoms with Crippen LogP contribution in [0.3, 0.4) is 0 Å². The molecule has 0 aliphatic carbocycles. The lowest BCUT2D eigenvalue weighted by Gasteiger charge is -2.25. The highest BCUT2D eigenvalue weighted by atomic mass is 16.6. The van der Waals surface area contributed by atoms with Crippen LogP contribution in [-0.2, 0) is 23.9 Å². The van der Waals surface area contributed by atoms with Crippen LogP contribution in [0.15, 0.2) is 97.2 Å². The second kappa shape index (κ2) is 34.7. The van der Waals surface area contributed by atoms with Gasteiger partial charge < -0.3 is 25.2 Å². The molecule has 308 valence electrons. The molecule has 0 aromatic heterocycles. The molecule has 9 heteroatoms. The van der Waals surface area contributed by atoms with Gasteiger partial charge in [-0.15, -0.1) is 0 Å². The lowest BCUT2D eigenvalue weighted by Crippen LogP contribution is -2.56. The fraction of sp³-hybridized carbons (Fsp3) is 0.565. The van der Waals surface area contributed by atoms with E-state index in [1.54, 1.807) is 0 Å². The van der Waals surface area contributed by atoms with Crippen LogP contribution in [0.4, 0.5) is 0 Å². The van der Waals surface area contributed by atoms with Gasteiger partial charge in [0, 0.05) is 12.8 Å². The molecule has 0 aliphatic heterocycles. The minimum Gasteiger partial charge on any atom is -0.392 e. The van der Waals surface area contributed by atoms with Crippen molar-refractivity contribution in [2.45, 2.75) is 153 Å². The Morgan fingerprint density at radius 1 is 0.418 bits per heavy atom. The van der Waals surface area contributed by atoms with Crippen molar-refractivity contribution in [3.8, 4) is 0 Å². The van der Waals surface area contributed by atoms with Gasteiger partial charge in [0.15, 0.2) is 11.6 Å². The Hall–Kier alpha value is -3.76. The Morgan fingerprint density at radius 2 is 0.673 bits per heavy atom. The van der Waals surface area contributed by atoms with Crippen molar-refractivity contribution in [2.75, 3.05) is 13.2 Å². The van der Waals surface area contributed by atoms with E-state index in [9.17, 15) is 39.6 Å². The number of carbonyl (C=O) groups is 4. The average molecular weight is 767 g/mol. The van der Waals surface area contributed by atoms with Crippen LogP contribution >= 0.6 is 0 Å². The number of unbranched alkanes of at least 4 members (excludes halogenated alkanes) is 8. The van der Waals surface area contributed by atoms with E-state index in [0.717, 1.165) is 38.5 Å². The maximum Gasteiger partial charge on any atom is 0.356 e. The van der Waals surface area contributed by atoms with Gasteiger partial charge in [0.2, 0.25) is 11.2 Å². The van der Waals surface area contributed by atoms with Gasteiger partial charge in [-0.05, 0) is 89.9 Å². The van der Waals surface area contributed by atoms with Crippen LogP contribution in [0.1, 0.15) is 142 Å². The summed E-state index contributed by atoms with van der Waals surface area (Å²) in [4.78, 5) is 50.5. The molecule has 9 nitrogen and oxygen atoms in total. The third kappa shape index (κ3) is 25.1. The summed E-state index contributed by atoms with van der Waals surface area (Å²) < 4.78 is 4.48. The van der Waals surface area contributed by atoms with Crippen molar-refractivity contribution in [2.24, 2.45) is 0 Å². The number of aliphatic hydroxyl groups excluding tert-OH is 2. The zero-order valence-electron chi connectivity index (χ0n) is 33.6. The summed E-state index contributed by atoms with van der Waals surface area (Å²) in [6, 6.07) is 0. The van der Waals surface area contributed by atoms with E-state index < -0.39 is 47.9 Å². The number of rotatable bonds is 34. The molecule has 0 aromatic carbocycles. The van der Waals surface area contributed by atoms with Gasteiger partial charge in [-0.3, -0.25) is 9.59 Å². The predicted octanol–water partition coefficient (Wildman–Crippen LogP) is 8.93. The van der Waals surface area contributed by atoms with Gasteiger partial charge in [0.25, 0.3) is 0 Å². The SMILES string of the molecule is CCCCC/C=C\C/C=C\C/C=C\C/C=C\CCCC(=O)C(O)(CO)C(=O)OC(=O)C(O)(CO)C(=O)CCC/C=C\C/C=C\C/C=C\C/C=C\CCCCC. The molecule has 0 rings (SSSR count). The molecule has 0 spiro atoms. The fourth-order valence-corrected chi connectivity index (χ4v) is 5.08. The number of carbonyl (C=O) groups excluding carboxylic acids is 4. The molecule has 0 heterocycles. The van der Waals surface area contributed by atoms with Crippen LogP contribution in [0.2, 0.25) is 0 Å².